The number of phosphoric ester groups is 2. The van der Waals surface area contributed by atoms with E-state index >= 15 is 0 Å². The number of carbonyl (C=O) groups is 4. The Kier molecular flexibility index (Phi) is 70.3. The predicted octanol–water partition coefficient (Wildman–Crippen LogP) is 23.9. The van der Waals surface area contributed by atoms with Crippen LogP contribution in [0.25, 0.3) is 0 Å². The summed E-state index contributed by atoms with van der Waals surface area (Å²) in [5.74, 6) is -0.520. The first-order valence-electron chi connectivity index (χ1n) is 41.5. The van der Waals surface area contributed by atoms with Crippen molar-refractivity contribution in [1.29, 1.82) is 0 Å². The highest BCUT2D eigenvalue weighted by Crippen LogP contribution is 2.45. The molecule has 6 atom stereocenters. The van der Waals surface area contributed by atoms with Crippen LogP contribution in [0, 0.1) is 11.8 Å². The predicted molar refractivity (Wildman–Crippen MR) is 405 cm³/mol. The molecule has 0 spiro atoms. The van der Waals surface area contributed by atoms with Gasteiger partial charge in [-0.2, -0.15) is 0 Å². The molecule has 0 amide bonds. The second-order valence-electron chi connectivity index (χ2n) is 29.5. The zero-order valence-corrected chi connectivity index (χ0v) is 66.6. The lowest BCUT2D eigenvalue weighted by Crippen LogP contribution is -2.30. The number of carbonyl (C=O) groups excluding carboxylic acids is 4. The summed E-state index contributed by atoms with van der Waals surface area (Å²) in [6, 6.07) is 0. The maximum Gasteiger partial charge on any atom is 0.472 e. The lowest BCUT2D eigenvalue weighted by atomic mass is 9.99. The van der Waals surface area contributed by atoms with Gasteiger partial charge in [0, 0.05) is 25.7 Å². The molecule has 0 radical (unpaired) electrons. The van der Waals surface area contributed by atoms with Crippen LogP contribution in [-0.2, 0) is 65.4 Å². The molecule has 0 aromatic carbocycles. The largest absolute Gasteiger partial charge is 0.472 e. The van der Waals surface area contributed by atoms with E-state index in [1.807, 2.05) is 0 Å². The Bertz CT molecular complexity index is 1910. The molecule has 588 valence electrons. The van der Waals surface area contributed by atoms with Crippen molar-refractivity contribution in [1.82, 2.24) is 0 Å². The first kappa shape index (κ1) is 97.1. The highest BCUT2D eigenvalue weighted by Gasteiger charge is 2.30. The normalized spacial score (nSPS) is 14.2. The minimum atomic E-state index is -4.96. The summed E-state index contributed by atoms with van der Waals surface area (Å²) >= 11 is 0. The van der Waals surface area contributed by atoms with Gasteiger partial charge in [0.25, 0.3) is 0 Å². The SMILES string of the molecule is CCCCCCCCCCCCCCCCCC(=O)OC[C@H](COP(=O)(O)OC[C@@H](O)COP(=O)(O)OC[C@@H](COC(=O)CCCCCCCCCCCCC)OC(=O)CCCCCCCCCCC(C)CC)OC(=O)CCCCCCCCCCCCCCCCCCCCC(C)C. The molecule has 0 aliphatic rings. The fraction of sp³-hybridized carbons (Fsp3) is 0.950. The third kappa shape index (κ3) is 72.8. The van der Waals surface area contributed by atoms with E-state index < -0.39 is 97.5 Å². The summed E-state index contributed by atoms with van der Waals surface area (Å²) < 4.78 is 68.7. The van der Waals surface area contributed by atoms with E-state index in [9.17, 15) is 43.2 Å². The number of ether oxygens (including phenoxy) is 4. The van der Waals surface area contributed by atoms with E-state index in [0.717, 1.165) is 102 Å². The standard InChI is InChI=1S/C80H156O17P2/c1-7-10-12-14-16-18-20-21-26-30-34-38-45-51-57-63-78(83)91-68-75(96-79(84)64-58-52-46-39-35-31-28-25-23-22-24-27-29-33-36-42-48-54-60-72(4)5)70-94-98(86,87)92-66-74(81)67-93-99(88,89)95-71-76(69-90-77(82)62-56-50-44-37-32-19-17-15-13-11-8-2)97-80(85)65-59-53-47-41-40-43-49-55-61-73(6)9-3/h72-76,81H,7-71H2,1-6H3,(H,86,87)(H,88,89)/t73?,74-,75-,76-/m1/s1. The molecule has 0 bridgehead atoms. The van der Waals surface area contributed by atoms with Crippen molar-refractivity contribution in [3.8, 4) is 0 Å². The number of hydrogen-bond donors (Lipinski definition) is 3. The molecule has 0 saturated carbocycles. The van der Waals surface area contributed by atoms with Crippen LogP contribution < -0.4 is 0 Å². The Morgan fingerprint density at radius 3 is 0.768 bits per heavy atom. The number of unbranched alkanes of at least 4 members (excludes halogenated alkanes) is 48. The van der Waals surface area contributed by atoms with E-state index in [4.69, 9.17) is 37.0 Å². The molecular weight excluding hydrogens is 1290 g/mol. The lowest BCUT2D eigenvalue weighted by molar-refractivity contribution is -0.161. The maximum absolute atomic E-state index is 13.1. The van der Waals surface area contributed by atoms with Gasteiger partial charge in [-0.3, -0.25) is 37.3 Å². The molecule has 0 saturated heterocycles. The molecular formula is C80H156O17P2. The summed E-state index contributed by atoms with van der Waals surface area (Å²) in [6.07, 6.45) is 61.0. The van der Waals surface area contributed by atoms with E-state index in [-0.39, 0.29) is 25.7 Å². The molecule has 19 heteroatoms. The van der Waals surface area contributed by atoms with Gasteiger partial charge in [-0.15, -0.1) is 0 Å². The number of aliphatic hydroxyl groups is 1. The Balaban J connectivity index is 5.22. The molecule has 0 rings (SSSR count). The first-order chi connectivity index (χ1) is 47.9. The Morgan fingerprint density at radius 2 is 0.515 bits per heavy atom. The van der Waals surface area contributed by atoms with Crippen LogP contribution in [0.2, 0.25) is 0 Å². The monoisotopic (exact) mass is 1450 g/mol. The molecule has 3 unspecified atom stereocenters. The molecule has 99 heavy (non-hydrogen) atoms. The molecule has 0 aliphatic carbocycles. The molecule has 3 N–H and O–H groups in total. The van der Waals surface area contributed by atoms with E-state index in [2.05, 4.69) is 41.5 Å². The van der Waals surface area contributed by atoms with Crippen molar-refractivity contribution in [3.05, 3.63) is 0 Å². The number of aliphatic hydroxyl groups excluding tert-OH is 1. The van der Waals surface area contributed by atoms with Gasteiger partial charge in [-0.05, 0) is 37.5 Å². The minimum absolute atomic E-state index is 0.106. The van der Waals surface area contributed by atoms with E-state index in [1.165, 1.54) is 238 Å². The second-order valence-corrected chi connectivity index (χ2v) is 32.4. The molecule has 0 heterocycles. The van der Waals surface area contributed by atoms with Gasteiger partial charge in [0.1, 0.15) is 19.3 Å². The van der Waals surface area contributed by atoms with Crippen LogP contribution in [-0.4, -0.2) is 96.7 Å². The molecule has 17 nitrogen and oxygen atoms in total. The molecule has 0 fully saturated rings. The van der Waals surface area contributed by atoms with Crippen LogP contribution in [0.4, 0.5) is 0 Å². The van der Waals surface area contributed by atoms with Crippen LogP contribution in [0.3, 0.4) is 0 Å². The summed E-state index contributed by atoms with van der Waals surface area (Å²) in [4.78, 5) is 73.0. The zero-order valence-electron chi connectivity index (χ0n) is 64.8. The van der Waals surface area contributed by atoms with Crippen LogP contribution in [0.5, 0.6) is 0 Å². The number of phosphoric acid groups is 2. The van der Waals surface area contributed by atoms with Gasteiger partial charge in [0.2, 0.25) is 0 Å². The van der Waals surface area contributed by atoms with Gasteiger partial charge >= 0.3 is 39.5 Å². The Morgan fingerprint density at radius 1 is 0.293 bits per heavy atom. The third-order valence-electron chi connectivity index (χ3n) is 19.1. The van der Waals surface area contributed by atoms with Crippen molar-refractivity contribution < 1.29 is 80.2 Å². The van der Waals surface area contributed by atoms with Crippen molar-refractivity contribution in [2.24, 2.45) is 11.8 Å². The van der Waals surface area contributed by atoms with Gasteiger partial charge in [-0.25, -0.2) is 9.13 Å². The quantitative estimate of drug-likeness (QED) is 0.0222. The van der Waals surface area contributed by atoms with Crippen LogP contribution in [0.1, 0.15) is 420 Å². The van der Waals surface area contributed by atoms with Crippen molar-refractivity contribution >= 4 is 39.5 Å². The summed E-state index contributed by atoms with van der Waals surface area (Å²) in [5, 5.41) is 10.6. The smallest absolute Gasteiger partial charge is 0.462 e. The third-order valence-corrected chi connectivity index (χ3v) is 21.0. The van der Waals surface area contributed by atoms with Crippen LogP contribution >= 0.6 is 15.6 Å². The highest BCUT2D eigenvalue weighted by molar-refractivity contribution is 7.47. The van der Waals surface area contributed by atoms with E-state index in [0.29, 0.717) is 25.7 Å². The average molecular weight is 1450 g/mol. The Labute approximate surface area is 607 Å². The topological polar surface area (TPSA) is 237 Å². The van der Waals surface area contributed by atoms with Crippen molar-refractivity contribution in [2.45, 2.75) is 439 Å². The van der Waals surface area contributed by atoms with Crippen LogP contribution in [0.15, 0.2) is 0 Å². The first-order valence-corrected chi connectivity index (χ1v) is 44.5. The number of esters is 4. The van der Waals surface area contributed by atoms with Gasteiger partial charge in [0.15, 0.2) is 12.2 Å². The average Bonchev–Trinajstić information content (AvgIpc) is 1.22. The molecule has 0 aliphatic heterocycles. The summed E-state index contributed by atoms with van der Waals surface area (Å²) in [5.41, 5.74) is 0. The second kappa shape index (κ2) is 71.7. The van der Waals surface area contributed by atoms with E-state index in [1.54, 1.807) is 0 Å². The highest BCUT2D eigenvalue weighted by atomic mass is 31.2. The fourth-order valence-corrected chi connectivity index (χ4v) is 13.9. The Hall–Kier alpha value is -1.94. The van der Waals surface area contributed by atoms with Gasteiger partial charge < -0.3 is 33.8 Å². The minimum Gasteiger partial charge on any atom is -0.462 e. The van der Waals surface area contributed by atoms with Crippen molar-refractivity contribution in [3.63, 3.8) is 0 Å². The summed E-state index contributed by atoms with van der Waals surface area (Å²) in [7, 11) is -9.92. The summed E-state index contributed by atoms with van der Waals surface area (Å²) in [6.45, 7) is 9.66. The molecule has 0 aromatic rings. The number of hydrogen-bond acceptors (Lipinski definition) is 15. The molecule has 0 aromatic heterocycles. The van der Waals surface area contributed by atoms with Gasteiger partial charge in [0.05, 0.1) is 26.4 Å². The van der Waals surface area contributed by atoms with Crippen molar-refractivity contribution in [2.75, 3.05) is 39.6 Å². The zero-order chi connectivity index (χ0) is 72.8. The van der Waals surface area contributed by atoms with Gasteiger partial charge in [-0.1, -0.05) is 369 Å². The number of rotatable bonds is 79. The maximum atomic E-state index is 13.1. The fourth-order valence-electron chi connectivity index (χ4n) is 12.3. The lowest BCUT2D eigenvalue weighted by Gasteiger charge is -2.21.